The van der Waals surface area contributed by atoms with Crippen molar-refractivity contribution in [2.24, 2.45) is 17.8 Å². The van der Waals surface area contributed by atoms with Gasteiger partial charge in [-0.25, -0.2) is 9.97 Å². The molecular formula is C14H21N3O. The average molecular weight is 247 g/mol. The highest BCUT2D eigenvalue weighted by Gasteiger charge is 2.47. The maximum absolute atomic E-state index is 5.15. The topological polar surface area (TPSA) is 47.0 Å². The van der Waals surface area contributed by atoms with Gasteiger partial charge in [-0.05, 0) is 44.1 Å². The van der Waals surface area contributed by atoms with Crippen molar-refractivity contribution in [1.82, 2.24) is 15.3 Å². The van der Waals surface area contributed by atoms with Crippen LogP contribution in [0.2, 0.25) is 0 Å². The van der Waals surface area contributed by atoms with E-state index in [1.807, 2.05) is 6.07 Å². The minimum atomic E-state index is 0.539. The molecule has 2 fully saturated rings. The molecule has 1 aromatic heterocycles. The first-order chi connectivity index (χ1) is 8.80. The first kappa shape index (κ1) is 11.9. The van der Waals surface area contributed by atoms with Gasteiger partial charge >= 0.3 is 0 Å². The van der Waals surface area contributed by atoms with E-state index in [1.54, 1.807) is 13.4 Å². The number of rotatable bonds is 5. The van der Waals surface area contributed by atoms with Crippen LogP contribution in [-0.2, 0) is 6.42 Å². The van der Waals surface area contributed by atoms with Crippen LogP contribution in [0.1, 0.15) is 25.0 Å². The molecule has 0 radical (unpaired) electrons. The van der Waals surface area contributed by atoms with Crippen molar-refractivity contribution in [2.45, 2.75) is 31.7 Å². The van der Waals surface area contributed by atoms with Crippen molar-refractivity contribution in [1.29, 1.82) is 0 Å². The smallest absolute Gasteiger partial charge is 0.216 e. The van der Waals surface area contributed by atoms with E-state index in [0.29, 0.717) is 11.9 Å². The molecule has 4 heteroatoms. The zero-order chi connectivity index (χ0) is 12.5. The first-order valence-electron chi connectivity index (χ1n) is 6.82. The highest BCUT2D eigenvalue weighted by molar-refractivity contribution is 5.15. The monoisotopic (exact) mass is 247 g/mol. The summed E-state index contributed by atoms with van der Waals surface area (Å²) in [5, 5.41) is 3.47. The summed E-state index contributed by atoms with van der Waals surface area (Å²) in [7, 11) is 3.71. The van der Waals surface area contributed by atoms with Gasteiger partial charge < -0.3 is 10.1 Å². The normalized spacial score (nSPS) is 30.9. The van der Waals surface area contributed by atoms with Gasteiger partial charge in [0, 0.05) is 24.2 Å². The summed E-state index contributed by atoms with van der Waals surface area (Å²) >= 11 is 0. The zero-order valence-electron chi connectivity index (χ0n) is 11.1. The van der Waals surface area contributed by atoms with Crippen molar-refractivity contribution < 1.29 is 4.74 Å². The van der Waals surface area contributed by atoms with Crippen LogP contribution in [0.5, 0.6) is 5.88 Å². The number of nitrogens with zero attached hydrogens (tertiary/aromatic N) is 2. The Labute approximate surface area is 108 Å². The van der Waals surface area contributed by atoms with Gasteiger partial charge in [-0.3, -0.25) is 0 Å². The molecule has 3 atom stereocenters. The molecule has 0 aliphatic heterocycles. The molecule has 0 bridgehead atoms. The summed E-state index contributed by atoms with van der Waals surface area (Å²) in [5.74, 6) is 3.54. The van der Waals surface area contributed by atoms with Crippen LogP contribution in [0.25, 0.3) is 0 Å². The molecule has 0 saturated heterocycles. The Hall–Kier alpha value is -1.16. The van der Waals surface area contributed by atoms with Crippen molar-refractivity contribution >= 4 is 0 Å². The molecule has 1 N–H and O–H groups in total. The molecule has 4 nitrogen and oxygen atoms in total. The van der Waals surface area contributed by atoms with Crippen LogP contribution >= 0.6 is 0 Å². The lowest BCUT2D eigenvalue weighted by Gasteiger charge is -2.24. The Kier molecular flexibility index (Phi) is 3.20. The predicted molar refractivity (Wildman–Crippen MR) is 69.5 cm³/mol. The summed E-state index contributed by atoms with van der Waals surface area (Å²) < 4.78 is 5.15. The van der Waals surface area contributed by atoms with Crippen LogP contribution in [0.3, 0.4) is 0 Å². The minimum Gasteiger partial charge on any atom is -0.481 e. The van der Waals surface area contributed by atoms with Crippen LogP contribution in [0.4, 0.5) is 0 Å². The highest BCUT2D eigenvalue weighted by atomic mass is 16.5. The standard InChI is InChI=1S/C14H21N3O/c1-15-13(11-4-9-3-10(9)5-11)6-12-7-14(18-2)17-8-16-12/h7-11,13,15H,3-6H2,1-2H3. The maximum atomic E-state index is 5.15. The van der Waals surface area contributed by atoms with Crippen molar-refractivity contribution in [3.63, 3.8) is 0 Å². The molecule has 0 spiro atoms. The van der Waals surface area contributed by atoms with Gasteiger partial charge in [0.2, 0.25) is 5.88 Å². The van der Waals surface area contributed by atoms with E-state index in [4.69, 9.17) is 4.74 Å². The fraction of sp³-hybridized carbons (Fsp3) is 0.714. The summed E-state index contributed by atoms with van der Waals surface area (Å²) in [6.45, 7) is 0. The number of aromatic nitrogens is 2. The molecule has 0 amide bonds. The molecule has 1 aromatic rings. The Morgan fingerprint density at radius 1 is 1.33 bits per heavy atom. The Morgan fingerprint density at radius 2 is 2.11 bits per heavy atom. The van der Waals surface area contributed by atoms with Gasteiger partial charge in [0.1, 0.15) is 6.33 Å². The number of methoxy groups -OCH3 is 1. The SMILES string of the molecule is CNC(Cc1cc(OC)ncn1)C1CC2CC2C1. The number of fused-ring (bicyclic) bond motifs is 1. The van der Waals surface area contributed by atoms with E-state index in [2.05, 4.69) is 22.3 Å². The van der Waals surface area contributed by atoms with E-state index in [0.717, 1.165) is 29.9 Å². The molecule has 2 aliphatic rings. The molecule has 3 rings (SSSR count). The minimum absolute atomic E-state index is 0.539. The van der Waals surface area contributed by atoms with Crippen LogP contribution < -0.4 is 10.1 Å². The maximum Gasteiger partial charge on any atom is 0.216 e. The number of hydrogen-bond acceptors (Lipinski definition) is 4. The Bertz CT molecular complexity index is 413. The quantitative estimate of drug-likeness (QED) is 0.859. The third-order valence-electron chi connectivity index (χ3n) is 4.56. The van der Waals surface area contributed by atoms with Crippen LogP contribution in [0, 0.1) is 17.8 Å². The third kappa shape index (κ3) is 2.34. The van der Waals surface area contributed by atoms with Gasteiger partial charge in [-0.1, -0.05) is 0 Å². The molecule has 2 saturated carbocycles. The molecule has 0 aromatic carbocycles. The third-order valence-corrected chi connectivity index (χ3v) is 4.56. The van der Waals surface area contributed by atoms with Gasteiger partial charge in [-0.15, -0.1) is 0 Å². The lowest BCUT2D eigenvalue weighted by molar-refractivity contribution is 0.345. The Balaban J connectivity index is 1.65. The molecule has 3 unspecified atom stereocenters. The summed E-state index contributed by atoms with van der Waals surface area (Å²) in [5.41, 5.74) is 1.07. The van der Waals surface area contributed by atoms with Gasteiger partial charge in [0.05, 0.1) is 7.11 Å². The highest BCUT2D eigenvalue weighted by Crippen LogP contribution is 2.55. The summed E-state index contributed by atoms with van der Waals surface area (Å²) in [4.78, 5) is 8.40. The number of hydrogen-bond donors (Lipinski definition) is 1. The van der Waals surface area contributed by atoms with Crippen LogP contribution in [-0.4, -0.2) is 30.2 Å². The van der Waals surface area contributed by atoms with Crippen molar-refractivity contribution in [2.75, 3.05) is 14.2 Å². The lowest BCUT2D eigenvalue weighted by atomic mass is 9.91. The first-order valence-corrected chi connectivity index (χ1v) is 6.82. The van der Waals surface area contributed by atoms with E-state index < -0.39 is 0 Å². The second-order valence-electron chi connectivity index (χ2n) is 5.64. The fourth-order valence-corrected chi connectivity index (χ4v) is 3.42. The summed E-state index contributed by atoms with van der Waals surface area (Å²) in [6, 6.07) is 2.48. The lowest BCUT2D eigenvalue weighted by Crippen LogP contribution is -2.35. The Morgan fingerprint density at radius 3 is 2.78 bits per heavy atom. The van der Waals surface area contributed by atoms with Gasteiger partial charge in [0.25, 0.3) is 0 Å². The molecule has 98 valence electrons. The molecule has 1 heterocycles. The van der Waals surface area contributed by atoms with Crippen molar-refractivity contribution in [3.05, 3.63) is 18.1 Å². The van der Waals surface area contributed by atoms with E-state index in [-0.39, 0.29) is 0 Å². The number of likely N-dealkylation sites (N-methyl/N-ethyl adjacent to an activating group) is 1. The molecule has 2 aliphatic carbocycles. The largest absolute Gasteiger partial charge is 0.481 e. The number of nitrogens with one attached hydrogen (secondary N) is 1. The second kappa shape index (κ2) is 4.84. The van der Waals surface area contributed by atoms with E-state index in [1.165, 1.54) is 19.3 Å². The van der Waals surface area contributed by atoms with Crippen LogP contribution in [0.15, 0.2) is 12.4 Å². The second-order valence-corrected chi connectivity index (χ2v) is 5.64. The molecule has 18 heavy (non-hydrogen) atoms. The summed E-state index contributed by atoms with van der Waals surface area (Å²) in [6.07, 6.45) is 6.84. The predicted octanol–water partition coefficient (Wildman–Crippen LogP) is 1.66. The fourth-order valence-electron chi connectivity index (χ4n) is 3.42. The van der Waals surface area contributed by atoms with E-state index >= 15 is 0 Å². The van der Waals surface area contributed by atoms with Gasteiger partial charge in [0.15, 0.2) is 0 Å². The average Bonchev–Trinajstić information content (AvgIpc) is 3.03. The zero-order valence-corrected chi connectivity index (χ0v) is 11.1. The van der Waals surface area contributed by atoms with Crippen molar-refractivity contribution in [3.8, 4) is 5.88 Å². The van der Waals surface area contributed by atoms with Gasteiger partial charge in [-0.2, -0.15) is 0 Å². The van der Waals surface area contributed by atoms with E-state index in [9.17, 15) is 0 Å². The molecular weight excluding hydrogens is 226 g/mol. The number of ether oxygens (including phenoxy) is 1.